The molecule has 76 valence electrons. The molecule has 0 atom stereocenters. The summed E-state index contributed by atoms with van der Waals surface area (Å²) < 4.78 is 30.5. The van der Waals surface area contributed by atoms with Crippen molar-refractivity contribution in [3.63, 3.8) is 0 Å². The number of rotatable bonds is 5. The van der Waals surface area contributed by atoms with Crippen molar-refractivity contribution in [3.8, 4) is 0 Å². The minimum atomic E-state index is -5.03. The van der Waals surface area contributed by atoms with Crippen molar-refractivity contribution < 1.29 is 62.3 Å². The molecule has 2 N–H and O–H groups in total. The fourth-order valence-corrected chi connectivity index (χ4v) is 1.05. The third-order valence-corrected chi connectivity index (χ3v) is 1.83. The number of carboxylic acid groups (broad SMARTS) is 2. The second kappa shape index (κ2) is 6.32. The second-order valence-corrected chi connectivity index (χ2v) is 3.39. The zero-order valence-corrected chi connectivity index (χ0v) is 10.0. The van der Waals surface area contributed by atoms with Gasteiger partial charge in [0.05, 0.1) is 0 Å². The molecule has 0 saturated carbocycles. The molecule has 0 rings (SSSR count). The van der Waals surface area contributed by atoms with Crippen molar-refractivity contribution in [3.05, 3.63) is 0 Å². The van der Waals surface area contributed by atoms with E-state index in [2.05, 4.69) is 0 Å². The van der Waals surface area contributed by atoms with Crippen molar-refractivity contribution in [2.24, 2.45) is 0 Å². The van der Waals surface area contributed by atoms with Gasteiger partial charge in [0.15, 0.2) is 10.3 Å². The Morgan fingerprint density at radius 3 is 1.57 bits per heavy atom. The summed E-state index contributed by atoms with van der Waals surface area (Å²) in [7, 11) is -5.03. The summed E-state index contributed by atoms with van der Waals surface area (Å²) in [6.45, 7) is -2.31. The third kappa shape index (κ3) is 7.24. The van der Waals surface area contributed by atoms with Gasteiger partial charge >= 0.3 is 41.5 Å². The molecule has 0 bridgehead atoms. The van der Waals surface area contributed by atoms with Crippen LogP contribution in [0.15, 0.2) is 0 Å². The Labute approximate surface area is 102 Å². The van der Waals surface area contributed by atoms with Gasteiger partial charge in [-0.3, -0.25) is 9.59 Å². The van der Waals surface area contributed by atoms with Crippen molar-refractivity contribution in [1.29, 1.82) is 0 Å². The van der Waals surface area contributed by atoms with E-state index >= 15 is 0 Å². The molecule has 0 aromatic rings. The van der Waals surface area contributed by atoms with Crippen LogP contribution >= 0.6 is 0 Å². The third-order valence-electron chi connectivity index (χ3n) is 0.939. The van der Waals surface area contributed by atoms with Crippen LogP contribution in [-0.2, 0) is 19.9 Å². The van der Waals surface area contributed by atoms with E-state index in [9.17, 15) is 22.6 Å². The molecule has 14 heavy (non-hydrogen) atoms. The number of carboxylic acids is 2. The molecule has 0 fully saturated rings. The minimum Gasteiger partial charge on any atom is -0.735 e. The van der Waals surface area contributed by atoms with Gasteiger partial charge in [0.1, 0.15) is 13.1 Å². The summed E-state index contributed by atoms with van der Waals surface area (Å²) in [6.07, 6.45) is 0. The van der Waals surface area contributed by atoms with Gasteiger partial charge in [-0.2, -0.15) is 4.31 Å². The monoisotopic (exact) mass is 235 g/mol. The molecular formula is C4H6NNaO7S. The van der Waals surface area contributed by atoms with Gasteiger partial charge in [0.25, 0.3) is 0 Å². The van der Waals surface area contributed by atoms with Crippen LogP contribution in [-0.4, -0.2) is 52.5 Å². The van der Waals surface area contributed by atoms with E-state index in [1.165, 1.54) is 0 Å². The Morgan fingerprint density at radius 2 is 1.43 bits per heavy atom. The normalized spacial score (nSPS) is 10.7. The summed E-state index contributed by atoms with van der Waals surface area (Å²) in [5, 5.41) is 16.2. The first-order chi connectivity index (χ1) is 5.73. The Hall–Kier alpha value is -0.190. The summed E-state index contributed by atoms with van der Waals surface area (Å²) in [5.41, 5.74) is 0. The average Bonchev–Trinajstić information content (AvgIpc) is 1.81. The second-order valence-electron chi connectivity index (χ2n) is 2.01. The Kier molecular flexibility index (Phi) is 7.34. The molecule has 0 amide bonds. The molecule has 10 heteroatoms. The van der Waals surface area contributed by atoms with Gasteiger partial charge in [-0.05, 0) is 0 Å². The molecule has 0 unspecified atom stereocenters. The number of hydrogen-bond acceptors (Lipinski definition) is 5. The topological polar surface area (TPSA) is 135 Å². The van der Waals surface area contributed by atoms with E-state index in [0.717, 1.165) is 0 Å². The van der Waals surface area contributed by atoms with Crippen LogP contribution in [0.2, 0.25) is 0 Å². The van der Waals surface area contributed by atoms with Crippen molar-refractivity contribution in [2.45, 2.75) is 0 Å². The molecule has 8 nitrogen and oxygen atoms in total. The van der Waals surface area contributed by atoms with Crippen molar-refractivity contribution >= 4 is 22.2 Å². The van der Waals surface area contributed by atoms with Gasteiger partial charge in [-0.1, -0.05) is 0 Å². The Balaban J connectivity index is 0. The first kappa shape index (κ1) is 16.2. The fraction of sp³-hybridized carbons (Fsp3) is 0.500. The summed E-state index contributed by atoms with van der Waals surface area (Å²) in [4.78, 5) is 20.0. The van der Waals surface area contributed by atoms with Crippen LogP contribution in [0.1, 0.15) is 0 Å². The first-order valence-electron chi connectivity index (χ1n) is 2.88. The molecule has 0 spiro atoms. The van der Waals surface area contributed by atoms with E-state index in [4.69, 9.17) is 10.2 Å². The molecular weight excluding hydrogens is 229 g/mol. The predicted molar refractivity (Wildman–Crippen MR) is 36.5 cm³/mol. The molecule has 0 radical (unpaired) electrons. The van der Waals surface area contributed by atoms with Crippen molar-refractivity contribution in [2.75, 3.05) is 13.1 Å². The maximum Gasteiger partial charge on any atom is 1.00 e. The van der Waals surface area contributed by atoms with Crippen LogP contribution in [0.3, 0.4) is 0 Å². The number of nitrogens with zero attached hydrogens (tertiary/aromatic N) is 1. The molecule has 0 aliphatic heterocycles. The molecule has 0 aromatic carbocycles. The maximum atomic E-state index is 10.2. The average molecular weight is 235 g/mol. The van der Waals surface area contributed by atoms with E-state index in [0.29, 0.717) is 0 Å². The van der Waals surface area contributed by atoms with Crippen LogP contribution in [0.5, 0.6) is 0 Å². The van der Waals surface area contributed by atoms with Gasteiger partial charge in [-0.25, -0.2) is 8.42 Å². The maximum absolute atomic E-state index is 10.2. The van der Waals surface area contributed by atoms with Gasteiger partial charge < -0.3 is 14.8 Å². The Morgan fingerprint density at radius 1 is 1.14 bits per heavy atom. The molecule has 0 aliphatic rings. The Bertz CT molecular complexity index is 296. The summed E-state index contributed by atoms with van der Waals surface area (Å²) in [6, 6.07) is 0. The van der Waals surface area contributed by atoms with Gasteiger partial charge in [-0.15, -0.1) is 0 Å². The van der Waals surface area contributed by atoms with Crippen LogP contribution in [0.25, 0.3) is 0 Å². The van der Waals surface area contributed by atoms with Crippen LogP contribution in [0.4, 0.5) is 0 Å². The van der Waals surface area contributed by atoms with E-state index in [1.807, 2.05) is 0 Å². The molecule has 0 heterocycles. The van der Waals surface area contributed by atoms with Gasteiger partial charge in [0.2, 0.25) is 0 Å². The largest absolute Gasteiger partial charge is 1.00 e. The predicted octanol–water partition coefficient (Wildman–Crippen LogP) is -5.08. The van der Waals surface area contributed by atoms with Crippen molar-refractivity contribution in [1.82, 2.24) is 4.31 Å². The zero-order valence-electron chi connectivity index (χ0n) is 7.21. The SMILES string of the molecule is O=C(O)CN(CC(=O)O)S(=O)(=O)[O-].[Na+]. The van der Waals surface area contributed by atoms with Crippen LogP contribution < -0.4 is 29.6 Å². The standard InChI is InChI=1S/C4H7NO7S.Na/c6-3(7)1-5(2-4(8)9)13(10,11)12;/h1-2H2,(H,6,7)(H,8,9)(H,10,11,12);/q;+1/p-1. The number of aliphatic carboxylic acids is 2. The quantitative estimate of drug-likeness (QED) is 0.359. The minimum absolute atomic E-state index is 0. The summed E-state index contributed by atoms with van der Waals surface area (Å²) in [5.74, 6) is -3.19. The molecule has 0 aliphatic carbocycles. The summed E-state index contributed by atoms with van der Waals surface area (Å²) >= 11 is 0. The first-order valence-corrected chi connectivity index (χ1v) is 4.24. The number of carbonyl (C=O) groups is 2. The fourth-order valence-electron chi connectivity index (χ4n) is 0.516. The van der Waals surface area contributed by atoms with E-state index < -0.39 is 35.3 Å². The van der Waals surface area contributed by atoms with Gasteiger partial charge in [0, 0.05) is 0 Å². The zero-order chi connectivity index (χ0) is 10.6. The number of hydrogen-bond donors (Lipinski definition) is 2. The van der Waals surface area contributed by atoms with Crippen LogP contribution in [0, 0.1) is 0 Å². The van der Waals surface area contributed by atoms with E-state index in [1.54, 1.807) is 0 Å². The smallest absolute Gasteiger partial charge is 0.735 e. The molecule has 0 aromatic heterocycles. The molecule has 0 saturated heterocycles. The van der Waals surface area contributed by atoms with E-state index in [-0.39, 0.29) is 33.9 Å².